The molecule has 0 spiro atoms. The van der Waals surface area contributed by atoms with Crippen LogP contribution < -0.4 is 5.32 Å². The van der Waals surface area contributed by atoms with Gasteiger partial charge in [0.25, 0.3) is 0 Å². The van der Waals surface area contributed by atoms with Crippen molar-refractivity contribution in [2.24, 2.45) is 0 Å². The summed E-state index contributed by atoms with van der Waals surface area (Å²) in [6.07, 6.45) is 7.08. The highest BCUT2D eigenvalue weighted by molar-refractivity contribution is 5.89. The molecule has 0 aromatic heterocycles. The molecular formula is C15H25N3O2. The van der Waals surface area contributed by atoms with E-state index >= 15 is 0 Å². The van der Waals surface area contributed by atoms with E-state index in [1.165, 1.54) is 0 Å². The molecule has 2 saturated heterocycles. The minimum Gasteiger partial charge on any atom is -0.358 e. The van der Waals surface area contributed by atoms with Crippen LogP contribution in [-0.2, 0) is 9.59 Å². The number of nitrogens with zero attached hydrogens (tertiary/aromatic N) is 2. The van der Waals surface area contributed by atoms with Gasteiger partial charge in [-0.3, -0.25) is 14.5 Å². The standard InChI is InChI=1S/C15H25N3O2/c1-16-14(20)15(7-5-8-15)18-11-4-6-12(18)13(19)17-9-2-3-10-17/h12H,2-11H2,1H3,(H,16,20)/t12-/m0/s1. The van der Waals surface area contributed by atoms with Gasteiger partial charge in [0.15, 0.2) is 0 Å². The summed E-state index contributed by atoms with van der Waals surface area (Å²) in [7, 11) is 1.70. The van der Waals surface area contributed by atoms with Crippen molar-refractivity contribution in [1.82, 2.24) is 15.1 Å². The van der Waals surface area contributed by atoms with Gasteiger partial charge in [-0.15, -0.1) is 0 Å². The molecular weight excluding hydrogens is 254 g/mol. The zero-order valence-corrected chi connectivity index (χ0v) is 12.4. The van der Waals surface area contributed by atoms with Gasteiger partial charge >= 0.3 is 0 Å². The number of carbonyl (C=O) groups is 2. The number of nitrogens with one attached hydrogen (secondary N) is 1. The van der Waals surface area contributed by atoms with Gasteiger partial charge in [-0.05, 0) is 44.9 Å². The van der Waals surface area contributed by atoms with Gasteiger partial charge in [-0.25, -0.2) is 0 Å². The Morgan fingerprint density at radius 2 is 1.75 bits per heavy atom. The third-order valence-electron chi connectivity index (χ3n) is 5.34. The first-order valence-electron chi connectivity index (χ1n) is 7.97. The second-order valence-corrected chi connectivity index (χ2v) is 6.35. The van der Waals surface area contributed by atoms with Crippen molar-refractivity contribution < 1.29 is 9.59 Å². The van der Waals surface area contributed by atoms with Gasteiger partial charge < -0.3 is 10.2 Å². The second-order valence-electron chi connectivity index (χ2n) is 6.35. The molecule has 2 heterocycles. The SMILES string of the molecule is CNC(=O)C1(N2CCC[C@H]2C(=O)N2CCCC2)CCC1. The van der Waals surface area contributed by atoms with Crippen LogP contribution in [0.2, 0.25) is 0 Å². The lowest BCUT2D eigenvalue weighted by molar-refractivity contribution is -0.147. The third-order valence-corrected chi connectivity index (χ3v) is 5.34. The lowest BCUT2D eigenvalue weighted by atomic mass is 9.74. The molecule has 0 bridgehead atoms. The molecule has 0 aromatic rings. The van der Waals surface area contributed by atoms with E-state index in [4.69, 9.17) is 0 Å². The van der Waals surface area contributed by atoms with Crippen molar-refractivity contribution in [2.45, 2.75) is 56.5 Å². The van der Waals surface area contributed by atoms with E-state index in [1.54, 1.807) is 7.05 Å². The van der Waals surface area contributed by atoms with Gasteiger partial charge in [-0.2, -0.15) is 0 Å². The maximum absolute atomic E-state index is 12.7. The van der Waals surface area contributed by atoms with E-state index < -0.39 is 5.54 Å². The van der Waals surface area contributed by atoms with Gasteiger partial charge in [0, 0.05) is 26.7 Å². The van der Waals surface area contributed by atoms with Crippen LogP contribution in [0.4, 0.5) is 0 Å². The number of carbonyl (C=O) groups excluding carboxylic acids is 2. The first-order chi connectivity index (χ1) is 9.69. The quantitative estimate of drug-likeness (QED) is 0.829. The van der Waals surface area contributed by atoms with Crippen molar-refractivity contribution in [2.75, 3.05) is 26.7 Å². The summed E-state index contributed by atoms with van der Waals surface area (Å²) in [5.74, 6) is 0.361. The second kappa shape index (κ2) is 5.35. The Kier molecular flexibility index (Phi) is 3.71. The minimum absolute atomic E-state index is 0.0642. The molecule has 0 unspecified atom stereocenters. The largest absolute Gasteiger partial charge is 0.358 e. The monoisotopic (exact) mass is 279 g/mol. The normalized spacial score (nSPS) is 29.2. The van der Waals surface area contributed by atoms with E-state index in [0.717, 1.165) is 64.6 Å². The zero-order chi connectivity index (χ0) is 14.2. The molecule has 2 amide bonds. The average molecular weight is 279 g/mol. The average Bonchev–Trinajstić information content (AvgIpc) is 3.08. The molecule has 112 valence electrons. The molecule has 1 atom stereocenters. The molecule has 5 heteroatoms. The fraction of sp³-hybridized carbons (Fsp3) is 0.867. The van der Waals surface area contributed by atoms with E-state index in [2.05, 4.69) is 10.2 Å². The predicted octanol–water partition coefficient (Wildman–Crippen LogP) is 0.742. The highest BCUT2D eigenvalue weighted by atomic mass is 16.2. The topological polar surface area (TPSA) is 52.7 Å². The third kappa shape index (κ3) is 2.03. The number of likely N-dealkylation sites (N-methyl/N-ethyl adjacent to an activating group) is 1. The zero-order valence-electron chi connectivity index (χ0n) is 12.4. The van der Waals surface area contributed by atoms with Gasteiger partial charge in [0.05, 0.1) is 6.04 Å². The summed E-state index contributed by atoms with van der Waals surface area (Å²) in [6.45, 7) is 2.68. The van der Waals surface area contributed by atoms with Crippen molar-refractivity contribution in [1.29, 1.82) is 0 Å². The fourth-order valence-electron chi connectivity index (χ4n) is 4.07. The Labute approximate surface area is 120 Å². The lowest BCUT2D eigenvalue weighted by Gasteiger charge is -2.49. The Balaban J connectivity index is 1.77. The van der Waals surface area contributed by atoms with Crippen LogP contribution in [0.15, 0.2) is 0 Å². The Bertz CT molecular complexity index is 400. The van der Waals surface area contributed by atoms with E-state index in [9.17, 15) is 9.59 Å². The fourth-order valence-corrected chi connectivity index (χ4v) is 4.07. The minimum atomic E-state index is -0.398. The summed E-state index contributed by atoms with van der Waals surface area (Å²) in [6, 6.07) is -0.0642. The summed E-state index contributed by atoms with van der Waals surface area (Å²) < 4.78 is 0. The van der Waals surface area contributed by atoms with E-state index in [0.29, 0.717) is 0 Å². The summed E-state index contributed by atoms with van der Waals surface area (Å²) >= 11 is 0. The van der Waals surface area contributed by atoms with E-state index in [-0.39, 0.29) is 17.9 Å². The molecule has 1 aliphatic carbocycles. The van der Waals surface area contributed by atoms with Gasteiger partial charge in [0.1, 0.15) is 5.54 Å². The van der Waals surface area contributed by atoms with Crippen molar-refractivity contribution >= 4 is 11.8 Å². The maximum Gasteiger partial charge on any atom is 0.240 e. The highest BCUT2D eigenvalue weighted by Crippen LogP contribution is 2.42. The van der Waals surface area contributed by atoms with Crippen molar-refractivity contribution in [3.63, 3.8) is 0 Å². The van der Waals surface area contributed by atoms with Crippen LogP contribution in [0.3, 0.4) is 0 Å². The van der Waals surface area contributed by atoms with Crippen molar-refractivity contribution in [3.8, 4) is 0 Å². The number of rotatable bonds is 3. The number of likely N-dealkylation sites (tertiary alicyclic amines) is 2. The summed E-state index contributed by atoms with van der Waals surface area (Å²) in [4.78, 5) is 29.2. The number of hydrogen-bond donors (Lipinski definition) is 1. The Morgan fingerprint density at radius 1 is 1.05 bits per heavy atom. The predicted molar refractivity (Wildman–Crippen MR) is 76.2 cm³/mol. The molecule has 5 nitrogen and oxygen atoms in total. The maximum atomic E-state index is 12.7. The highest BCUT2D eigenvalue weighted by Gasteiger charge is 2.53. The number of amides is 2. The molecule has 3 fully saturated rings. The Hall–Kier alpha value is -1.10. The molecule has 1 N–H and O–H groups in total. The molecule has 0 aromatic carbocycles. The van der Waals surface area contributed by atoms with E-state index in [1.807, 2.05) is 4.90 Å². The molecule has 2 aliphatic heterocycles. The Morgan fingerprint density at radius 3 is 2.30 bits per heavy atom. The molecule has 3 rings (SSSR count). The summed E-state index contributed by atoms with van der Waals surface area (Å²) in [5.41, 5.74) is -0.398. The smallest absolute Gasteiger partial charge is 0.240 e. The molecule has 1 saturated carbocycles. The lowest BCUT2D eigenvalue weighted by Crippen LogP contribution is -2.65. The van der Waals surface area contributed by atoms with Crippen molar-refractivity contribution in [3.05, 3.63) is 0 Å². The molecule has 3 aliphatic rings. The van der Waals surface area contributed by atoms with Crippen LogP contribution in [-0.4, -0.2) is 59.9 Å². The first-order valence-corrected chi connectivity index (χ1v) is 7.97. The number of hydrogen-bond acceptors (Lipinski definition) is 3. The molecule has 20 heavy (non-hydrogen) atoms. The van der Waals surface area contributed by atoms with Crippen LogP contribution >= 0.6 is 0 Å². The molecule has 0 radical (unpaired) electrons. The van der Waals surface area contributed by atoms with Crippen LogP contribution in [0.1, 0.15) is 44.9 Å². The van der Waals surface area contributed by atoms with Crippen LogP contribution in [0.25, 0.3) is 0 Å². The van der Waals surface area contributed by atoms with Crippen LogP contribution in [0.5, 0.6) is 0 Å². The van der Waals surface area contributed by atoms with Gasteiger partial charge in [-0.1, -0.05) is 0 Å². The van der Waals surface area contributed by atoms with Gasteiger partial charge in [0.2, 0.25) is 11.8 Å². The first kappa shape index (κ1) is 13.9. The summed E-state index contributed by atoms with van der Waals surface area (Å²) in [5, 5.41) is 2.81. The van der Waals surface area contributed by atoms with Crippen LogP contribution in [0, 0.1) is 0 Å².